The summed E-state index contributed by atoms with van der Waals surface area (Å²) in [5.74, 6) is -1.71. The zero-order valence-corrected chi connectivity index (χ0v) is 13.3. The van der Waals surface area contributed by atoms with Crippen molar-refractivity contribution < 1.29 is 41.0 Å². The van der Waals surface area contributed by atoms with Crippen molar-refractivity contribution in [3.05, 3.63) is 35.5 Å². The lowest BCUT2D eigenvalue weighted by molar-refractivity contribution is -0.144. The van der Waals surface area contributed by atoms with Crippen LogP contribution in [-0.2, 0) is 24.2 Å². The highest BCUT2D eigenvalue weighted by Crippen LogP contribution is 2.39. The molecule has 5 nitrogen and oxygen atoms in total. The summed E-state index contributed by atoms with van der Waals surface area (Å²) in [5, 5.41) is 12.1. The Kier molecular flexibility index (Phi) is 4.93. The van der Waals surface area contributed by atoms with Crippen LogP contribution in [0.25, 0.3) is 11.3 Å². The molecule has 2 rings (SSSR count). The number of benzene rings is 1. The lowest BCUT2D eigenvalue weighted by Crippen LogP contribution is -2.23. The second-order valence-electron chi connectivity index (χ2n) is 5.34. The van der Waals surface area contributed by atoms with Crippen molar-refractivity contribution in [2.45, 2.75) is 25.4 Å². The fraction of sp³-hybridized carbons (Fsp3) is 0.333. The van der Waals surface area contributed by atoms with Gasteiger partial charge < -0.3 is 9.84 Å². The third-order valence-electron chi connectivity index (χ3n) is 3.40. The number of ether oxygens (including phenoxy) is 1. The Balaban J connectivity index is 2.63. The Morgan fingerprint density at radius 1 is 1.15 bits per heavy atom. The van der Waals surface area contributed by atoms with E-state index in [4.69, 9.17) is 9.84 Å². The third-order valence-corrected chi connectivity index (χ3v) is 3.40. The smallest absolute Gasteiger partial charge is 0.435 e. The molecule has 0 saturated carbocycles. The average Bonchev–Trinajstić information content (AvgIpc) is 2.88. The summed E-state index contributed by atoms with van der Waals surface area (Å²) >= 11 is 0. The maximum Gasteiger partial charge on any atom is 0.435 e. The predicted molar refractivity (Wildman–Crippen MR) is 76.4 cm³/mol. The van der Waals surface area contributed by atoms with Crippen LogP contribution in [0.1, 0.15) is 18.2 Å². The topological polar surface area (TPSA) is 64.4 Å². The summed E-state index contributed by atoms with van der Waals surface area (Å²) in [4.78, 5) is 10.9. The lowest BCUT2D eigenvalue weighted by atomic mass is 10.1. The lowest BCUT2D eigenvalue weighted by Gasteiger charge is -2.16. The van der Waals surface area contributed by atoms with Gasteiger partial charge in [0.25, 0.3) is 0 Å². The van der Waals surface area contributed by atoms with Crippen LogP contribution < -0.4 is 4.74 Å². The van der Waals surface area contributed by atoms with E-state index in [0.717, 1.165) is 24.7 Å². The molecular weight excluding hydrogens is 370 g/mol. The molecule has 1 atom stereocenters. The van der Waals surface area contributed by atoms with Gasteiger partial charge in [-0.25, -0.2) is 4.79 Å². The van der Waals surface area contributed by atoms with Crippen molar-refractivity contribution in [3.63, 3.8) is 0 Å². The fourth-order valence-electron chi connectivity index (χ4n) is 2.11. The summed E-state index contributed by atoms with van der Waals surface area (Å²) in [5.41, 5.74) is -3.10. The van der Waals surface area contributed by atoms with Crippen LogP contribution in [0.2, 0.25) is 0 Å². The number of carboxylic acid groups (broad SMARTS) is 1. The molecule has 1 N–H and O–H groups in total. The summed E-state index contributed by atoms with van der Waals surface area (Å²) in [6.45, 7) is 1.13. The van der Waals surface area contributed by atoms with Crippen LogP contribution >= 0.6 is 0 Å². The number of carbonyl (C=O) groups is 1. The van der Waals surface area contributed by atoms with E-state index in [1.165, 1.54) is 0 Å². The quantitative estimate of drug-likeness (QED) is 0.813. The number of carboxylic acids is 1. The molecule has 1 heterocycles. The highest BCUT2D eigenvalue weighted by atomic mass is 19.4. The van der Waals surface area contributed by atoms with E-state index in [-0.39, 0.29) is 17.0 Å². The molecule has 1 aromatic heterocycles. The molecule has 0 aliphatic heterocycles. The van der Waals surface area contributed by atoms with Gasteiger partial charge in [0, 0.05) is 12.6 Å². The van der Waals surface area contributed by atoms with Crippen LogP contribution in [0, 0.1) is 0 Å². The van der Waals surface area contributed by atoms with Crippen LogP contribution in [0.4, 0.5) is 26.3 Å². The van der Waals surface area contributed by atoms with Gasteiger partial charge in [-0.15, -0.1) is 0 Å². The van der Waals surface area contributed by atoms with Crippen LogP contribution in [0.5, 0.6) is 5.75 Å². The number of aryl methyl sites for hydroxylation is 1. The van der Waals surface area contributed by atoms with Crippen molar-refractivity contribution in [1.29, 1.82) is 0 Å². The minimum atomic E-state index is -4.80. The average molecular weight is 382 g/mol. The number of aromatic nitrogens is 2. The predicted octanol–water partition coefficient (Wildman–Crippen LogP) is 3.98. The minimum Gasteiger partial charge on any atom is -0.479 e. The normalized spacial score (nSPS) is 13.5. The van der Waals surface area contributed by atoms with Crippen molar-refractivity contribution in [2.24, 2.45) is 7.05 Å². The molecule has 0 bridgehead atoms. The molecule has 0 spiro atoms. The highest BCUT2D eigenvalue weighted by molar-refractivity contribution is 5.74. The zero-order chi connectivity index (χ0) is 19.9. The second kappa shape index (κ2) is 6.54. The number of alkyl halides is 6. The number of hydrogen-bond acceptors (Lipinski definition) is 3. The maximum absolute atomic E-state index is 13.0. The van der Waals surface area contributed by atoms with Gasteiger partial charge in [-0.3, -0.25) is 4.68 Å². The largest absolute Gasteiger partial charge is 0.479 e. The van der Waals surface area contributed by atoms with Gasteiger partial charge in [-0.1, -0.05) is 0 Å². The van der Waals surface area contributed by atoms with Crippen LogP contribution in [0.3, 0.4) is 0 Å². The van der Waals surface area contributed by atoms with E-state index in [1.807, 2.05) is 0 Å². The molecule has 11 heteroatoms. The van der Waals surface area contributed by atoms with E-state index in [0.29, 0.717) is 18.2 Å². The second-order valence-corrected chi connectivity index (χ2v) is 5.34. The van der Waals surface area contributed by atoms with E-state index in [2.05, 4.69) is 5.10 Å². The third kappa shape index (κ3) is 4.09. The Hall–Kier alpha value is -2.72. The van der Waals surface area contributed by atoms with Gasteiger partial charge in [-0.2, -0.15) is 31.4 Å². The van der Waals surface area contributed by atoms with E-state index in [1.54, 1.807) is 0 Å². The molecule has 0 saturated heterocycles. The van der Waals surface area contributed by atoms with Gasteiger partial charge in [0.1, 0.15) is 5.75 Å². The monoisotopic (exact) mass is 382 g/mol. The first kappa shape index (κ1) is 19.6. The minimum absolute atomic E-state index is 0.309. The number of hydrogen-bond donors (Lipinski definition) is 1. The van der Waals surface area contributed by atoms with E-state index >= 15 is 0 Å². The first-order valence-corrected chi connectivity index (χ1v) is 7.03. The molecular formula is C15H12F6N2O3. The van der Waals surface area contributed by atoms with Crippen molar-refractivity contribution in [1.82, 2.24) is 9.78 Å². The van der Waals surface area contributed by atoms with Crippen molar-refractivity contribution >= 4 is 5.97 Å². The molecule has 0 fully saturated rings. The van der Waals surface area contributed by atoms with E-state index < -0.39 is 35.7 Å². The summed E-state index contributed by atoms with van der Waals surface area (Å²) in [6, 6.07) is 2.65. The Labute approximate surface area is 142 Å². The van der Waals surface area contributed by atoms with Gasteiger partial charge in [0.15, 0.2) is 11.8 Å². The molecule has 0 radical (unpaired) electrons. The molecule has 1 aromatic carbocycles. The Morgan fingerprint density at radius 2 is 1.77 bits per heavy atom. The Bertz CT molecular complexity index is 826. The fourth-order valence-corrected chi connectivity index (χ4v) is 2.11. The van der Waals surface area contributed by atoms with Gasteiger partial charge in [0.05, 0.1) is 11.3 Å². The Morgan fingerprint density at radius 3 is 2.23 bits per heavy atom. The number of nitrogens with zero attached hydrogens (tertiary/aromatic N) is 2. The number of rotatable bonds is 4. The van der Waals surface area contributed by atoms with Crippen LogP contribution in [-0.4, -0.2) is 27.0 Å². The summed E-state index contributed by atoms with van der Waals surface area (Å²) in [7, 11) is 1.12. The molecule has 0 amide bonds. The molecule has 26 heavy (non-hydrogen) atoms. The van der Waals surface area contributed by atoms with Gasteiger partial charge in [0.2, 0.25) is 0 Å². The van der Waals surface area contributed by atoms with E-state index in [9.17, 15) is 31.1 Å². The molecule has 0 aliphatic carbocycles. The van der Waals surface area contributed by atoms with Crippen LogP contribution in [0.15, 0.2) is 24.3 Å². The SMILES string of the molecule is C[C@H](Oc1ccc(C(F)(F)F)cc1-c1cc(C(F)(F)F)nn1C)C(=O)O. The molecule has 0 aliphatic rings. The molecule has 2 aromatic rings. The van der Waals surface area contributed by atoms with Crippen molar-refractivity contribution in [2.75, 3.05) is 0 Å². The number of aliphatic carboxylic acids is 1. The first-order chi connectivity index (χ1) is 11.8. The highest BCUT2D eigenvalue weighted by Gasteiger charge is 2.36. The van der Waals surface area contributed by atoms with Gasteiger partial charge >= 0.3 is 18.3 Å². The molecule has 0 unspecified atom stereocenters. The maximum atomic E-state index is 13.0. The molecule has 142 valence electrons. The number of halogens is 6. The summed E-state index contributed by atoms with van der Waals surface area (Å²) < 4.78 is 83.2. The standard InChI is InChI=1S/C15H12F6N2O3/c1-7(13(24)25)26-11-4-3-8(14(16,17)18)5-9(11)10-6-12(15(19,20)21)22-23(10)2/h3-7H,1-2H3,(H,24,25)/t7-/m0/s1. The first-order valence-electron chi connectivity index (χ1n) is 7.03. The van der Waals surface area contributed by atoms with Crippen molar-refractivity contribution in [3.8, 4) is 17.0 Å². The zero-order valence-electron chi connectivity index (χ0n) is 13.3. The summed E-state index contributed by atoms with van der Waals surface area (Å²) in [6.07, 6.45) is -11.0. The van der Waals surface area contributed by atoms with Gasteiger partial charge in [-0.05, 0) is 31.2 Å².